The van der Waals surface area contributed by atoms with Crippen LogP contribution in [0, 0.1) is 0 Å². The van der Waals surface area contributed by atoms with Crippen LogP contribution >= 0.6 is 0 Å². The maximum atomic E-state index is 6.80. The average Bonchev–Trinajstić information content (AvgIpc) is 1.24. The van der Waals surface area contributed by atoms with Gasteiger partial charge in [0.2, 0.25) is 0 Å². The van der Waals surface area contributed by atoms with Gasteiger partial charge in [0.05, 0.1) is 0 Å². The number of hydrogen-bond acceptors (Lipinski definition) is 3. The lowest BCUT2D eigenvalue weighted by atomic mass is 9.83. The van der Waals surface area contributed by atoms with Crippen LogP contribution in [0.3, 0.4) is 0 Å². The third-order valence-electron chi connectivity index (χ3n) is 27.1. The van der Waals surface area contributed by atoms with E-state index in [0.717, 1.165) is 82.5 Å². The van der Waals surface area contributed by atoms with E-state index in [-0.39, 0.29) is 0 Å². The molecular weight excluding hydrogens is 1650 g/mol. The molecule has 27 rings (SSSR count). The molecule has 3 heteroatoms. The highest BCUT2D eigenvalue weighted by molar-refractivity contribution is 6.29. The molecule has 24 aromatic carbocycles. The summed E-state index contributed by atoms with van der Waals surface area (Å²) in [6, 6.07) is 178. The van der Waals surface area contributed by atoms with E-state index in [4.69, 9.17) is 17.4 Å². The van der Waals surface area contributed by atoms with Gasteiger partial charge in [0.1, 0.15) is 33.5 Å². The number of rotatable bonds is 11. The lowest BCUT2D eigenvalue weighted by Crippen LogP contribution is -1.92. The molecule has 0 N–H and O–H groups in total. The number of benzene rings is 24. The third-order valence-corrected chi connectivity index (χ3v) is 27.1. The lowest BCUT2D eigenvalue weighted by Gasteiger charge is -2.19. The minimum Gasteiger partial charge on any atom is -0.455 e. The first-order valence-electron chi connectivity index (χ1n) is 48.7. The fourth-order valence-corrected chi connectivity index (χ4v) is 21.1. The molecule has 136 heavy (non-hydrogen) atoms. The van der Waals surface area contributed by atoms with E-state index >= 15 is 0 Å². The molecule has 0 radical (unpaired) electrons. The first-order valence-corrected chi connectivity index (χ1v) is 45.7. The average molecular weight is 1740 g/mol. The maximum Gasteiger partial charge on any atom is 0.143 e. The van der Waals surface area contributed by atoms with E-state index in [1.165, 1.54) is 203 Å². The van der Waals surface area contributed by atoms with Crippen molar-refractivity contribution in [1.29, 1.82) is 0 Å². The molecule has 0 aliphatic rings. The molecule has 0 aliphatic carbocycles. The van der Waals surface area contributed by atoms with Crippen LogP contribution < -0.4 is 0 Å². The zero-order chi connectivity index (χ0) is 93.8. The Kier molecular flexibility index (Phi) is 21.1. The van der Waals surface area contributed by atoms with Gasteiger partial charge >= 0.3 is 0 Å². The van der Waals surface area contributed by atoms with Gasteiger partial charge in [-0.25, -0.2) is 0 Å². The van der Waals surface area contributed by atoms with Crippen LogP contribution in [-0.2, 0) is 0 Å². The molecule has 0 bridgehead atoms. The van der Waals surface area contributed by atoms with Crippen molar-refractivity contribution in [3.8, 4) is 122 Å². The number of hydrogen-bond donors (Lipinski definition) is 0. The smallest absolute Gasteiger partial charge is 0.143 e. The molecule has 0 spiro atoms. The molecule has 0 amide bonds. The Hall–Kier alpha value is -17.5. The highest BCUT2D eigenvalue weighted by Crippen LogP contribution is 2.53. The largest absolute Gasteiger partial charge is 0.455 e. The fourth-order valence-electron chi connectivity index (χ4n) is 21.1. The summed E-state index contributed by atoms with van der Waals surface area (Å²) in [5, 5.41) is 24.1. The first-order chi connectivity index (χ1) is 69.0. The van der Waals surface area contributed by atoms with Gasteiger partial charge in [-0.3, -0.25) is 0 Å². The second kappa shape index (κ2) is 35.7. The summed E-state index contributed by atoms with van der Waals surface area (Å²) in [6.07, 6.45) is 0. The molecular formula is C133H94O3. The normalized spacial score (nSPS) is 11.5. The Bertz CT molecular complexity index is 9060. The minimum atomic E-state index is 0.902. The van der Waals surface area contributed by atoms with E-state index in [9.17, 15) is 0 Å². The van der Waals surface area contributed by atoms with E-state index < -0.39 is 0 Å². The molecule has 3 nitrogen and oxygen atoms in total. The molecule has 0 unspecified atom stereocenters. The van der Waals surface area contributed by atoms with Gasteiger partial charge in [-0.1, -0.05) is 495 Å². The highest BCUT2D eigenvalue weighted by atomic mass is 16.3. The second-order valence-electron chi connectivity index (χ2n) is 34.4. The van der Waals surface area contributed by atoms with E-state index in [0.29, 0.717) is 0 Å². The Morgan fingerprint density at radius 2 is 0.353 bits per heavy atom. The molecule has 0 fully saturated rings. The summed E-state index contributed by atoms with van der Waals surface area (Å²) in [6.45, 7) is 0. The molecule has 3 aromatic heterocycles. The van der Waals surface area contributed by atoms with Crippen molar-refractivity contribution < 1.29 is 17.4 Å². The van der Waals surface area contributed by atoms with E-state index in [1.54, 1.807) is 0 Å². The Balaban J connectivity index is 0.000000118. The van der Waals surface area contributed by atoms with Crippen molar-refractivity contribution in [2.45, 2.75) is 22.2 Å². The quantitative estimate of drug-likeness (QED) is 0.121. The number of fused-ring (bicyclic) bond motifs is 16. The molecule has 3 heterocycles. The van der Waals surface area contributed by atoms with Gasteiger partial charge in [0, 0.05) is 69.8 Å². The Labute approximate surface area is 795 Å². The summed E-state index contributed by atoms with van der Waals surface area (Å²) in [5.74, 6) is 0. The van der Waals surface area contributed by atoms with Crippen molar-refractivity contribution in [2.24, 2.45) is 0 Å². The zero-order valence-electron chi connectivity index (χ0n) is 78.6. The molecule has 644 valence electrons. The Morgan fingerprint density at radius 1 is 0.125 bits per heavy atom. The molecule has 0 saturated heterocycles. The van der Waals surface area contributed by atoms with Gasteiger partial charge < -0.3 is 13.3 Å². The van der Waals surface area contributed by atoms with Crippen LogP contribution in [0.15, 0.2) is 511 Å². The van der Waals surface area contributed by atoms with E-state index in [2.05, 4.69) is 485 Å². The standard InChI is InChI=1S/C48H30O.C44H28O.C38H24O.3CH4/c1-2-13-32(14-3-1)37-29-30-43(48-47(37)42-22-10-11-24-44(42)49-48)46-40-20-8-6-18-38(40)45(39-19-7-9-21-41(39)46)34-27-25-33(26-28-34)36-23-12-16-31-15-4-5-17-35(31)36;1-2-11-29(12-3-1)30-21-23-31(24-22-30)32-25-27-33(28-26-32)42-35-14-4-6-16-37(35)43(38-17-7-5-15-36(38)42)40-19-10-18-39-34-13-8-9-20-41(34)45-44(39)40;1-2-13-25(14-3-1)26-15-4-5-17-28(26)36-29-18-6-8-20-31(29)37(32-21-9-7-19-30(32)36)34-23-12-22-33-27-16-10-11-24-35(27)39-38(33)34;;;/h1-30H;1-28H;1-24H;3*1H4/i;;;3*1D. The van der Waals surface area contributed by atoms with Crippen LogP contribution in [0.2, 0.25) is 0 Å². The van der Waals surface area contributed by atoms with Crippen molar-refractivity contribution in [1.82, 2.24) is 0 Å². The van der Waals surface area contributed by atoms with Gasteiger partial charge in [0.15, 0.2) is 0 Å². The van der Waals surface area contributed by atoms with Gasteiger partial charge in [-0.05, 0) is 189 Å². The summed E-state index contributed by atoms with van der Waals surface area (Å²) < 4.78 is 37.1. The lowest BCUT2D eigenvalue weighted by molar-refractivity contribution is 0.669. The van der Waals surface area contributed by atoms with Crippen LogP contribution in [0.4, 0.5) is 0 Å². The van der Waals surface area contributed by atoms with E-state index in [1.807, 2.05) is 12.1 Å². The Morgan fingerprint density at radius 3 is 0.765 bits per heavy atom. The summed E-state index contributed by atoms with van der Waals surface area (Å²) in [7, 11) is 3.75. The van der Waals surface area contributed by atoms with Crippen LogP contribution in [0.1, 0.15) is 26.3 Å². The highest BCUT2D eigenvalue weighted by Gasteiger charge is 2.27. The predicted molar refractivity (Wildman–Crippen MR) is 584 cm³/mol. The van der Waals surface area contributed by atoms with Crippen molar-refractivity contribution in [2.75, 3.05) is 0 Å². The van der Waals surface area contributed by atoms with Gasteiger partial charge in [-0.2, -0.15) is 0 Å². The van der Waals surface area contributed by atoms with Crippen molar-refractivity contribution in [3.63, 3.8) is 0 Å². The molecule has 0 saturated carbocycles. The molecule has 0 atom stereocenters. The molecule has 0 aliphatic heterocycles. The predicted octanol–water partition coefficient (Wildman–Crippen LogP) is 39.1. The van der Waals surface area contributed by atoms with Crippen molar-refractivity contribution >= 4 is 141 Å². The molecule has 27 aromatic rings. The van der Waals surface area contributed by atoms with Gasteiger partial charge in [-0.15, -0.1) is 0 Å². The maximum absolute atomic E-state index is 6.80. The minimum absolute atomic E-state index is 0.902. The topological polar surface area (TPSA) is 39.4 Å². The van der Waals surface area contributed by atoms with Crippen LogP contribution in [0.25, 0.3) is 264 Å². The third kappa shape index (κ3) is 14.4. The second-order valence-corrected chi connectivity index (χ2v) is 34.4. The summed E-state index contributed by atoms with van der Waals surface area (Å²) in [4.78, 5) is 0. The summed E-state index contributed by atoms with van der Waals surface area (Å²) in [5.41, 5.74) is 32.1. The van der Waals surface area contributed by atoms with Crippen LogP contribution in [-0.4, -0.2) is 0 Å². The number of furan rings is 3. The monoisotopic (exact) mass is 1740 g/mol. The number of para-hydroxylation sites is 5. The first kappa shape index (κ1) is 80.6. The fraction of sp³-hybridized carbons (Fsp3) is 0.0226. The SMILES string of the molecule is [2H]C.[2H]C.[2H]C.c1ccc(-c2ccc(-c3c4ccccc4c(-c4ccc(-c5cccc6ccccc56)cc4)c4ccccc34)c3oc4ccccc4c23)cc1.c1ccc(-c2ccc(-c3ccc(-c4c5ccccc5c(-c5cccc6c5oc5ccccc56)c5ccccc45)cc3)cc2)cc1.c1ccc(-c2ccccc2-c2c3ccccc3c(-c3cccc4c3oc3ccccc34)c3ccccc23)cc1. The van der Waals surface area contributed by atoms with Gasteiger partial charge in [0.25, 0.3) is 0 Å². The van der Waals surface area contributed by atoms with Crippen LogP contribution in [0.5, 0.6) is 0 Å². The summed E-state index contributed by atoms with van der Waals surface area (Å²) >= 11 is 0. The van der Waals surface area contributed by atoms with Crippen molar-refractivity contribution in [3.05, 3.63) is 497 Å². The zero-order valence-corrected chi connectivity index (χ0v) is 75.6.